The second-order valence-electron chi connectivity index (χ2n) is 6.10. The van der Waals surface area contributed by atoms with Gasteiger partial charge in [-0.05, 0) is 43.0 Å². The molecule has 0 saturated carbocycles. The van der Waals surface area contributed by atoms with Crippen LogP contribution in [-0.2, 0) is 11.2 Å². The zero-order valence-corrected chi connectivity index (χ0v) is 13.2. The summed E-state index contributed by atoms with van der Waals surface area (Å²) in [7, 11) is 0. The largest absolute Gasteiger partial charge is 0.322 e. The van der Waals surface area contributed by atoms with Crippen molar-refractivity contribution in [2.75, 3.05) is 11.4 Å². The molecule has 114 valence electrons. The van der Waals surface area contributed by atoms with Crippen molar-refractivity contribution in [3.8, 4) is 0 Å². The summed E-state index contributed by atoms with van der Waals surface area (Å²) < 4.78 is 0. The Hall–Kier alpha value is -2.13. The van der Waals surface area contributed by atoms with Crippen LogP contribution in [0.2, 0.25) is 0 Å². The molecule has 1 atom stereocenters. The average molecular weight is 294 g/mol. The maximum Gasteiger partial charge on any atom is 0.227 e. The summed E-state index contributed by atoms with van der Waals surface area (Å²) in [5.74, 6) is 0.166. The lowest BCUT2D eigenvalue weighted by Crippen LogP contribution is -2.40. The summed E-state index contributed by atoms with van der Waals surface area (Å²) in [6.45, 7) is 4.68. The monoisotopic (exact) mass is 294 g/mol. The van der Waals surface area contributed by atoms with E-state index in [1.807, 2.05) is 23.1 Å². The third-order valence-electron chi connectivity index (χ3n) is 4.40. The van der Waals surface area contributed by atoms with Gasteiger partial charge in [-0.25, -0.2) is 0 Å². The van der Waals surface area contributed by atoms with Crippen LogP contribution < -0.4 is 10.6 Å². The number of hydrogen-bond donors (Lipinski definition) is 1. The molecule has 0 spiro atoms. The third-order valence-corrected chi connectivity index (χ3v) is 4.40. The van der Waals surface area contributed by atoms with Gasteiger partial charge in [0.15, 0.2) is 0 Å². The van der Waals surface area contributed by atoms with E-state index in [1.165, 1.54) is 16.7 Å². The Morgan fingerprint density at radius 2 is 1.91 bits per heavy atom. The molecule has 2 N–H and O–H groups in total. The summed E-state index contributed by atoms with van der Waals surface area (Å²) in [6.07, 6.45) is 1.39. The molecule has 22 heavy (non-hydrogen) atoms. The first-order valence-corrected chi connectivity index (χ1v) is 7.77. The number of para-hydroxylation sites is 1. The van der Waals surface area contributed by atoms with Crippen LogP contribution in [0, 0.1) is 13.8 Å². The Morgan fingerprint density at radius 1 is 1.14 bits per heavy atom. The van der Waals surface area contributed by atoms with Crippen LogP contribution in [0.15, 0.2) is 42.5 Å². The molecule has 0 radical (unpaired) electrons. The van der Waals surface area contributed by atoms with Crippen LogP contribution in [-0.4, -0.2) is 12.5 Å². The molecule has 1 heterocycles. The molecule has 2 aromatic rings. The lowest BCUT2D eigenvalue weighted by molar-refractivity contribution is -0.119. The smallest absolute Gasteiger partial charge is 0.227 e. The molecule has 3 nitrogen and oxygen atoms in total. The highest BCUT2D eigenvalue weighted by molar-refractivity contribution is 5.96. The van der Waals surface area contributed by atoms with Crippen LogP contribution in [0.1, 0.15) is 34.7 Å². The molecule has 1 amide bonds. The van der Waals surface area contributed by atoms with E-state index in [2.05, 4.69) is 38.1 Å². The maximum absolute atomic E-state index is 12.3. The zero-order valence-electron chi connectivity index (χ0n) is 13.2. The Morgan fingerprint density at radius 3 is 2.68 bits per heavy atom. The van der Waals surface area contributed by atoms with E-state index < -0.39 is 0 Å². The molecule has 0 aliphatic carbocycles. The van der Waals surface area contributed by atoms with Crippen molar-refractivity contribution >= 4 is 11.6 Å². The minimum absolute atomic E-state index is 0.166. The normalized spacial score (nSPS) is 15.6. The van der Waals surface area contributed by atoms with Gasteiger partial charge in [0.2, 0.25) is 5.91 Å². The van der Waals surface area contributed by atoms with Gasteiger partial charge in [-0.2, -0.15) is 0 Å². The second kappa shape index (κ2) is 5.93. The first-order chi connectivity index (χ1) is 10.6. The summed E-state index contributed by atoms with van der Waals surface area (Å²) in [5, 5.41) is 0. The molecular weight excluding hydrogens is 272 g/mol. The molecule has 1 aliphatic heterocycles. The summed E-state index contributed by atoms with van der Waals surface area (Å²) in [5.41, 5.74) is 12.2. The lowest BCUT2D eigenvalue weighted by Gasteiger charge is -2.32. The van der Waals surface area contributed by atoms with Gasteiger partial charge in [-0.3, -0.25) is 4.79 Å². The summed E-state index contributed by atoms with van der Waals surface area (Å²) >= 11 is 0. The fourth-order valence-corrected chi connectivity index (χ4v) is 3.23. The van der Waals surface area contributed by atoms with E-state index in [0.717, 1.165) is 17.7 Å². The quantitative estimate of drug-likeness (QED) is 0.944. The van der Waals surface area contributed by atoms with Crippen molar-refractivity contribution < 1.29 is 4.79 Å². The van der Waals surface area contributed by atoms with Gasteiger partial charge in [-0.1, -0.05) is 42.0 Å². The number of nitrogens with two attached hydrogens (primary N) is 1. The van der Waals surface area contributed by atoms with Crippen molar-refractivity contribution in [2.24, 2.45) is 5.73 Å². The second-order valence-corrected chi connectivity index (χ2v) is 6.10. The Kier molecular flexibility index (Phi) is 3.99. The number of amides is 1. The van der Waals surface area contributed by atoms with Crippen molar-refractivity contribution in [1.82, 2.24) is 0 Å². The average Bonchev–Trinajstić information content (AvgIpc) is 2.50. The van der Waals surface area contributed by atoms with Gasteiger partial charge in [0.05, 0.1) is 0 Å². The lowest BCUT2D eigenvalue weighted by atomic mass is 9.97. The fraction of sp³-hybridized carbons (Fsp3) is 0.316. The summed E-state index contributed by atoms with van der Waals surface area (Å²) in [6, 6.07) is 14.2. The van der Waals surface area contributed by atoms with Crippen LogP contribution in [0.3, 0.4) is 0 Å². The first kappa shape index (κ1) is 14.8. The number of anilines is 1. The number of carbonyl (C=O) groups is 1. The molecule has 0 saturated heterocycles. The molecule has 0 aromatic heterocycles. The molecule has 1 aliphatic rings. The third kappa shape index (κ3) is 2.77. The van der Waals surface area contributed by atoms with Crippen LogP contribution >= 0.6 is 0 Å². The predicted molar refractivity (Wildman–Crippen MR) is 90.0 cm³/mol. The first-order valence-electron chi connectivity index (χ1n) is 7.77. The summed E-state index contributed by atoms with van der Waals surface area (Å²) in [4.78, 5) is 14.2. The zero-order chi connectivity index (χ0) is 15.7. The minimum atomic E-state index is -0.171. The van der Waals surface area contributed by atoms with Crippen LogP contribution in [0.25, 0.3) is 0 Å². The SMILES string of the molecule is Cc1ccc(C(N)CN2C(=O)CCc3ccccc32)c(C)c1. The number of rotatable bonds is 3. The van der Waals surface area contributed by atoms with Crippen molar-refractivity contribution in [3.05, 3.63) is 64.7 Å². The van der Waals surface area contributed by atoms with Gasteiger partial charge >= 0.3 is 0 Å². The molecule has 0 bridgehead atoms. The van der Waals surface area contributed by atoms with Gasteiger partial charge in [0, 0.05) is 24.7 Å². The molecule has 2 aromatic carbocycles. The van der Waals surface area contributed by atoms with Gasteiger partial charge in [-0.15, -0.1) is 0 Å². The van der Waals surface area contributed by atoms with E-state index in [-0.39, 0.29) is 11.9 Å². The molecule has 0 fully saturated rings. The fourth-order valence-electron chi connectivity index (χ4n) is 3.23. The number of aryl methyl sites for hydroxylation is 3. The predicted octanol–water partition coefficient (Wildman–Crippen LogP) is 3.28. The number of nitrogens with zero attached hydrogens (tertiary/aromatic N) is 1. The number of hydrogen-bond acceptors (Lipinski definition) is 2. The van der Waals surface area contributed by atoms with Gasteiger partial charge < -0.3 is 10.6 Å². The van der Waals surface area contributed by atoms with E-state index in [0.29, 0.717) is 13.0 Å². The van der Waals surface area contributed by atoms with E-state index in [1.54, 1.807) is 0 Å². The standard InChI is InChI=1S/C19H22N2O/c1-13-7-9-16(14(2)11-13)17(20)12-21-18-6-4-3-5-15(18)8-10-19(21)22/h3-7,9,11,17H,8,10,12,20H2,1-2H3. The molecule has 3 rings (SSSR count). The minimum Gasteiger partial charge on any atom is -0.322 e. The molecule has 3 heteroatoms. The van der Waals surface area contributed by atoms with E-state index >= 15 is 0 Å². The maximum atomic E-state index is 12.3. The number of benzene rings is 2. The Labute approximate surface area is 131 Å². The Balaban J connectivity index is 1.87. The van der Waals surface area contributed by atoms with E-state index in [4.69, 9.17) is 5.73 Å². The van der Waals surface area contributed by atoms with E-state index in [9.17, 15) is 4.79 Å². The van der Waals surface area contributed by atoms with Crippen molar-refractivity contribution in [1.29, 1.82) is 0 Å². The molecular formula is C19H22N2O. The number of fused-ring (bicyclic) bond motifs is 1. The van der Waals surface area contributed by atoms with Gasteiger partial charge in [0.25, 0.3) is 0 Å². The molecule has 1 unspecified atom stereocenters. The highest BCUT2D eigenvalue weighted by Gasteiger charge is 2.25. The topological polar surface area (TPSA) is 46.3 Å². The Bertz CT molecular complexity index is 708. The highest BCUT2D eigenvalue weighted by Crippen LogP contribution is 2.29. The van der Waals surface area contributed by atoms with Crippen LogP contribution in [0.5, 0.6) is 0 Å². The van der Waals surface area contributed by atoms with Crippen LogP contribution in [0.4, 0.5) is 5.69 Å². The highest BCUT2D eigenvalue weighted by atomic mass is 16.2. The van der Waals surface area contributed by atoms with Crippen molar-refractivity contribution in [3.63, 3.8) is 0 Å². The van der Waals surface area contributed by atoms with Gasteiger partial charge in [0.1, 0.15) is 0 Å². The number of carbonyl (C=O) groups excluding carboxylic acids is 1. The van der Waals surface area contributed by atoms with Crippen molar-refractivity contribution in [2.45, 2.75) is 32.7 Å².